The van der Waals surface area contributed by atoms with Gasteiger partial charge in [0.2, 0.25) is 0 Å². The fourth-order valence-corrected chi connectivity index (χ4v) is 0.816. The molecule has 1 aromatic rings. The molecule has 0 aromatic heterocycles. The van der Waals surface area contributed by atoms with E-state index < -0.39 is 24.7 Å². The second-order valence-electron chi connectivity index (χ2n) is 1.98. The van der Waals surface area contributed by atoms with E-state index >= 15 is 0 Å². The molecule has 0 N–H and O–H groups in total. The zero-order valence-corrected chi connectivity index (χ0v) is 5.43. The highest BCUT2D eigenvalue weighted by Gasteiger charge is 2.14. The quantitative estimate of drug-likeness (QED) is 0.571. The molecule has 0 fully saturated rings. The first kappa shape index (κ1) is 3.43. The molecule has 1 heterocycles. The maximum absolute atomic E-state index is 13.2. The molecule has 3 heteroatoms. The number of benzene rings is 1. The molecule has 58 valence electrons. The van der Waals surface area contributed by atoms with Gasteiger partial charge in [0, 0.05) is 0 Å². The van der Waals surface area contributed by atoms with Crippen LogP contribution in [0.25, 0.3) is 0 Å². The summed E-state index contributed by atoms with van der Waals surface area (Å²) in [5.41, 5.74) is 0. The van der Waals surface area contributed by atoms with Gasteiger partial charge >= 0.3 is 0 Å². The molecule has 0 aliphatic carbocycles. The van der Waals surface area contributed by atoms with E-state index in [4.69, 9.17) is 10.2 Å². The minimum absolute atomic E-state index is 0.143. The van der Waals surface area contributed by atoms with Crippen molar-refractivity contribution in [2.24, 2.45) is 0 Å². The SMILES string of the molecule is [2H]C1([2H])Oc2cccc(F)c2OC1([2H])[2H]. The molecule has 0 radical (unpaired) electrons. The van der Waals surface area contributed by atoms with Gasteiger partial charge in [0.25, 0.3) is 0 Å². The van der Waals surface area contributed by atoms with Crippen LogP contribution in [-0.4, -0.2) is 13.1 Å². The van der Waals surface area contributed by atoms with Crippen LogP contribution >= 0.6 is 0 Å². The van der Waals surface area contributed by atoms with Crippen molar-refractivity contribution < 1.29 is 19.3 Å². The summed E-state index contributed by atoms with van der Waals surface area (Å²) in [7, 11) is 0. The van der Waals surface area contributed by atoms with E-state index in [1.54, 1.807) is 0 Å². The van der Waals surface area contributed by atoms with Crippen molar-refractivity contribution >= 4 is 0 Å². The summed E-state index contributed by atoms with van der Waals surface area (Å²) < 4.78 is 51.5. The van der Waals surface area contributed by atoms with Gasteiger partial charge in [0.1, 0.15) is 13.1 Å². The highest BCUT2D eigenvalue weighted by molar-refractivity contribution is 5.41. The van der Waals surface area contributed by atoms with Gasteiger partial charge in [0.15, 0.2) is 17.3 Å². The average Bonchev–Trinajstić information content (AvgIpc) is 2.08. The first-order valence-corrected chi connectivity index (χ1v) is 3.00. The Morgan fingerprint density at radius 2 is 2.18 bits per heavy atom. The van der Waals surface area contributed by atoms with Gasteiger partial charge in [-0.05, 0) is 12.1 Å². The first-order valence-electron chi connectivity index (χ1n) is 5.00. The Morgan fingerprint density at radius 1 is 1.36 bits per heavy atom. The fourth-order valence-electron chi connectivity index (χ4n) is 0.816. The normalized spacial score (nSPS) is 29.2. The lowest BCUT2D eigenvalue weighted by Crippen LogP contribution is -2.16. The minimum atomic E-state index is -2.72. The third-order valence-corrected chi connectivity index (χ3v) is 1.29. The lowest BCUT2D eigenvalue weighted by Gasteiger charge is -2.17. The number of hydrogen-bond donors (Lipinski definition) is 0. The van der Waals surface area contributed by atoms with E-state index in [2.05, 4.69) is 4.74 Å². The van der Waals surface area contributed by atoms with Gasteiger partial charge in [-0.15, -0.1) is 0 Å². The molecule has 0 saturated carbocycles. The molecular formula is C8H7FO2. The molecule has 1 aliphatic rings. The molecule has 0 saturated heterocycles. The summed E-state index contributed by atoms with van der Waals surface area (Å²) in [5.74, 6) is -1.33. The lowest BCUT2D eigenvalue weighted by atomic mass is 10.3. The van der Waals surface area contributed by atoms with E-state index in [-0.39, 0.29) is 5.75 Å². The Labute approximate surface area is 69.2 Å². The second-order valence-corrected chi connectivity index (χ2v) is 1.98. The van der Waals surface area contributed by atoms with Gasteiger partial charge < -0.3 is 9.47 Å². The van der Waals surface area contributed by atoms with Crippen LogP contribution in [0, 0.1) is 5.82 Å². The van der Waals surface area contributed by atoms with Crippen molar-refractivity contribution in [1.29, 1.82) is 0 Å². The van der Waals surface area contributed by atoms with E-state index in [1.807, 2.05) is 0 Å². The van der Waals surface area contributed by atoms with E-state index in [0.717, 1.165) is 6.07 Å². The van der Waals surface area contributed by atoms with Crippen molar-refractivity contribution in [2.75, 3.05) is 13.1 Å². The van der Waals surface area contributed by atoms with Crippen molar-refractivity contribution in [3.63, 3.8) is 0 Å². The molecule has 2 nitrogen and oxygen atoms in total. The molecule has 1 aliphatic heterocycles. The molecule has 0 amide bonds. The summed E-state index contributed by atoms with van der Waals surface area (Å²) >= 11 is 0. The number of ether oxygens (including phenoxy) is 2. The smallest absolute Gasteiger partial charge is 0.197 e. The van der Waals surface area contributed by atoms with Crippen LogP contribution in [0.15, 0.2) is 18.2 Å². The number of fused-ring (bicyclic) bond motifs is 1. The molecule has 0 unspecified atom stereocenters. The lowest BCUT2D eigenvalue weighted by molar-refractivity contribution is 0.164. The van der Waals surface area contributed by atoms with Crippen LogP contribution in [0.4, 0.5) is 4.39 Å². The van der Waals surface area contributed by atoms with Crippen LogP contribution in [0.1, 0.15) is 5.48 Å². The first-order chi connectivity index (χ1) is 6.83. The van der Waals surface area contributed by atoms with Crippen LogP contribution < -0.4 is 9.47 Å². The van der Waals surface area contributed by atoms with Crippen LogP contribution in [0.2, 0.25) is 0 Å². The van der Waals surface area contributed by atoms with Gasteiger partial charge in [-0.2, -0.15) is 0 Å². The third kappa shape index (κ3) is 1.02. The van der Waals surface area contributed by atoms with E-state index in [9.17, 15) is 4.39 Å². The molecular weight excluding hydrogens is 147 g/mol. The Hall–Kier alpha value is -1.25. The Bertz CT molecular complexity index is 408. The van der Waals surface area contributed by atoms with E-state index in [1.165, 1.54) is 12.1 Å². The molecule has 1 aromatic carbocycles. The Kier molecular flexibility index (Phi) is 0.753. The van der Waals surface area contributed by atoms with Crippen molar-refractivity contribution in [2.45, 2.75) is 0 Å². The van der Waals surface area contributed by atoms with Gasteiger partial charge in [-0.3, -0.25) is 0 Å². The summed E-state index contributed by atoms with van der Waals surface area (Å²) in [6.07, 6.45) is 0. The van der Waals surface area contributed by atoms with Crippen molar-refractivity contribution in [3.8, 4) is 11.5 Å². The zero-order valence-electron chi connectivity index (χ0n) is 9.43. The number of rotatable bonds is 0. The van der Waals surface area contributed by atoms with Crippen LogP contribution in [0.3, 0.4) is 0 Å². The monoisotopic (exact) mass is 158 g/mol. The number of para-hydroxylation sites is 1. The average molecular weight is 158 g/mol. The summed E-state index contributed by atoms with van der Waals surface area (Å²) in [4.78, 5) is 0. The Balaban J connectivity index is 2.52. The maximum Gasteiger partial charge on any atom is 0.197 e. The predicted octanol–water partition coefficient (Wildman–Crippen LogP) is 1.60. The molecule has 0 atom stereocenters. The summed E-state index contributed by atoms with van der Waals surface area (Å²) in [5, 5.41) is 0. The predicted molar refractivity (Wildman–Crippen MR) is 37.4 cm³/mol. The zero-order chi connectivity index (χ0) is 11.3. The van der Waals surface area contributed by atoms with Gasteiger partial charge in [0.05, 0.1) is 5.48 Å². The highest BCUT2D eigenvalue weighted by atomic mass is 19.1. The molecule has 0 bridgehead atoms. The second kappa shape index (κ2) is 2.42. The molecule has 11 heavy (non-hydrogen) atoms. The van der Waals surface area contributed by atoms with E-state index in [0.29, 0.717) is 0 Å². The Morgan fingerprint density at radius 3 is 3.09 bits per heavy atom. The van der Waals surface area contributed by atoms with Crippen molar-refractivity contribution in [3.05, 3.63) is 24.0 Å². The minimum Gasteiger partial charge on any atom is -0.486 e. The number of halogens is 1. The van der Waals surface area contributed by atoms with Gasteiger partial charge in [-0.1, -0.05) is 6.07 Å². The topological polar surface area (TPSA) is 18.5 Å². The van der Waals surface area contributed by atoms with Crippen LogP contribution in [0.5, 0.6) is 11.5 Å². The molecule has 2 rings (SSSR count). The standard InChI is InChI=1S/C8H7FO2/c9-6-2-1-3-7-8(6)11-5-4-10-7/h1-3H,4-5H2/i4D2,5D2. The maximum atomic E-state index is 13.2. The fraction of sp³-hybridized carbons (Fsp3) is 0.250. The highest BCUT2D eigenvalue weighted by Crippen LogP contribution is 2.31. The van der Waals surface area contributed by atoms with Gasteiger partial charge in [-0.25, -0.2) is 4.39 Å². The largest absolute Gasteiger partial charge is 0.486 e. The van der Waals surface area contributed by atoms with Crippen LogP contribution in [-0.2, 0) is 0 Å². The third-order valence-electron chi connectivity index (χ3n) is 1.29. The number of hydrogen-bond acceptors (Lipinski definition) is 2. The van der Waals surface area contributed by atoms with Crippen molar-refractivity contribution in [1.82, 2.24) is 0 Å². The summed E-state index contributed by atoms with van der Waals surface area (Å²) in [6.45, 7) is -5.37. The summed E-state index contributed by atoms with van der Waals surface area (Å²) in [6, 6.07) is 3.72. The molecule has 0 spiro atoms.